The molecule has 1 N–H and O–H groups in total. The molecule has 0 amide bonds. The van der Waals surface area contributed by atoms with E-state index in [1.54, 1.807) is 0 Å². The number of fused-ring (bicyclic) bond motifs is 1. The lowest BCUT2D eigenvalue weighted by Crippen LogP contribution is -2.14. The van der Waals surface area contributed by atoms with E-state index in [0.29, 0.717) is 19.6 Å². The molecule has 3 aromatic rings. The molecule has 5 nitrogen and oxygen atoms in total. The number of rotatable bonds is 8. The van der Waals surface area contributed by atoms with E-state index in [1.165, 1.54) is 6.39 Å². The van der Waals surface area contributed by atoms with Crippen molar-refractivity contribution in [2.45, 2.75) is 26.4 Å². The van der Waals surface area contributed by atoms with Crippen LogP contribution in [0, 0.1) is 0 Å². The Balaban J connectivity index is 2.02. The number of nitrogens with one attached hydrogen (secondary N) is 1. The van der Waals surface area contributed by atoms with E-state index in [9.17, 15) is 4.79 Å². The predicted molar refractivity (Wildman–Crippen MR) is 106 cm³/mol. The van der Waals surface area contributed by atoms with Gasteiger partial charge in [-0.05, 0) is 53.5 Å². The van der Waals surface area contributed by atoms with E-state index in [0.717, 1.165) is 44.2 Å². The van der Waals surface area contributed by atoms with Crippen LogP contribution in [-0.2, 0) is 16.0 Å². The van der Waals surface area contributed by atoms with Crippen LogP contribution in [-0.4, -0.2) is 30.5 Å². The number of halogens is 1. The van der Waals surface area contributed by atoms with Crippen molar-refractivity contribution < 1.29 is 13.9 Å². The summed E-state index contributed by atoms with van der Waals surface area (Å²) in [7, 11) is 0. The molecule has 6 heteroatoms. The third-order valence-corrected chi connectivity index (χ3v) is 4.60. The van der Waals surface area contributed by atoms with E-state index < -0.39 is 0 Å². The van der Waals surface area contributed by atoms with Crippen LogP contribution in [0.5, 0.6) is 0 Å². The third kappa shape index (κ3) is 4.14. The van der Waals surface area contributed by atoms with E-state index in [2.05, 4.69) is 26.2 Å². The number of carbonyl (C=O) groups excluding carboxylic acids is 1. The summed E-state index contributed by atoms with van der Waals surface area (Å²) in [5.74, 6) is 0. The Morgan fingerprint density at radius 3 is 2.92 bits per heavy atom. The first-order valence-electron chi connectivity index (χ1n) is 8.54. The number of carbonyl (C=O) groups is 1. The Morgan fingerprint density at radius 2 is 2.15 bits per heavy atom. The number of oxazole rings is 1. The van der Waals surface area contributed by atoms with Crippen molar-refractivity contribution in [1.82, 2.24) is 4.98 Å². The zero-order valence-corrected chi connectivity index (χ0v) is 16.4. The van der Waals surface area contributed by atoms with Gasteiger partial charge in [0, 0.05) is 28.6 Å². The van der Waals surface area contributed by atoms with Crippen LogP contribution in [0.15, 0.2) is 45.6 Å². The van der Waals surface area contributed by atoms with Crippen molar-refractivity contribution in [2.24, 2.45) is 0 Å². The Morgan fingerprint density at radius 1 is 1.31 bits per heavy atom. The highest BCUT2D eigenvalue weighted by atomic mass is 79.9. The summed E-state index contributed by atoms with van der Waals surface area (Å²) in [6.45, 7) is 5.30. The number of aromatic nitrogens is 1. The largest absolute Gasteiger partial charge is 0.443 e. The van der Waals surface area contributed by atoms with Crippen molar-refractivity contribution in [3.05, 3.63) is 46.8 Å². The van der Waals surface area contributed by atoms with Gasteiger partial charge in [0.05, 0.1) is 18.4 Å². The Labute approximate surface area is 160 Å². The molecule has 1 aromatic heterocycles. The number of para-hydroxylation sites is 1. The van der Waals surface area contributed by atoms with E-state index in [1.807, 2.05) is 44.2 Å². The average molecular weight is 417 g/mol. The van der Waals surface area contributed by atoms with E-state index in [-0.39, 0.29) is 6.10 Å². The van der Waals surface area contributed by atoms with Crippen LogP contribution in [0.25, 0.3) is 22.2 Å². The summed E-state index contributed by atoms with van der Waals surface area (Å²) in [5, 5.41) is 3.44. The maximum atomic E-state index is 11.0. The zero-order valence-electron chi connectivity index (χ0n) is 14.8. The highest BCUT2D eigenvalue weighted by molar-refractivity contribution is 9.10. The van der Waals surface area contributed by atoms with Gasteiger partial charge in [-0.1, -0.05) is 12.1 Å². The Kier molecular flexibility index (Phi) is 6.06. The van der Waals surface area contributed by atoms with Crippen LogP contribution in [0.2, 0.25) is 0 Å². The van der Waals surface area contributed by atoms with E-state index in [4.69, 9.17) is 9.15 Å². The maximum absolute atomic E-state index is 11.0. The van der Waals surface area contributed by atoms with Crippen molar-refractivity contribution in [3.8, 4) is 11.1 Å². The van der Waals surface area contributed by atoms with Gasteiger partial charge >= 0.3 is 0 Å². The molecule has 0 aliphatic carbocycles. The molecule has 0 unspecified atom stereocenters. The van der Waals surface area contributed by atoms with Crippen LogP contribution in [0.4, 0.5) is 5.69 Å². The minimum atomic E-state index is 0.192. The van der Waals surface area contributed by atoms with Gasteiger partial charge in [-0.15, -0.1) is 0 Å². The standard InChI is InChI=1S/C20H21BrN2O3/c1-13(2)25-9-7-22-19-16(10-14(6-8-24)11-17(19)21)15-4-3-5-18-20(15)26-12-23-18/h3-5,8,10-13,22H,6-7,9H2,1-2H3. The molecule has 1 heterocycles. The molecular weight excluding hydrogens is 396 g/mol. The first-order chi connectivity index (χ1) is 12.6. The SMILES string of the molecule is CC(C)OCCNc1c(Br)cc(CC=O)cc1-c1cccc2ncoc12. The number of hydrogen-bond acceptors (Lipinski definition) is 5. The van der Waals surface area contributed by atoms with Crippen molar-refractivity contribution in [2.75, 3.05) is 18.5 Å². The number of aldehydes is 1. The number of ether oxygens (including phenoxy) is 1. The molecule has 26 heavy (non-hydrogen) atoms. The summed E-state index contributed by atoms with van der Waals surface area (Å²) in [5.41, 5.74) is 5.29. The number of nitrogens with zero attached hydrogens (tertiary/aromatic N) is 1. The zero-order chi connectivity index (χ0) is 18.5. The van der Waals surface area contributed by atoms with Gasteiger partial charge in [0.15, 0.2) is 12.0 Å². The van der Waals surface area contributed by atoms with Crippen molar-refractivity contribution in [1.29, 1.82) is 0 Å². The summed E-state index contributed by atoms with van der Waals surface area (Å²) < 4.78 is 12.1. The number of anilines is 1. The van der Waals surface area contributed by atoms with Gasteiger partial charge in [0.2, 0.25) is 0 Å². The number of benzene rings is 2. The molecule has 0 saturated heterocycles. The summed E-state index contributed by atoms with van der Waals surface area (Å²) in [6.07, 6.45) is 2.90. The first kappa shape index (κ1) is 18.6. The monoisotopic (exact) mass is 416 g/mol. The maximum Gasteiger partial charge on any atom is 0.182 e. The molecule has 3 rings (SSSR count). The van der Waals surface area contributed by atoms with Gasteiger partial charge in [-0.3, -0.25) is 0 Å². The summed E-state index contributed by atoms with van der Waals surface area (Å²) in [4.78, 5) is 15.2. The molecule has 0 radical (unpaired) electrons. The smallest absolute Gasteiger partial charge is 0.182 e. The van der Waals surface area contributed by atoms with Gasteiger partial charge in [0.25, 0.3) is 0 Å². The van der Waals surface area contributed by atoms with Crippen LogP contribution < -0.4 is 5.32 Å². The molecule has 0 spiro atoms. The Bertz CT molecular complexity index is 905. The second-order valence-electron chi connectivity index (χ2n) is 6.22. The third-order valence-electron chi connectivity index (χ3n) is 3.97. The number of hydrogen-bond donors (Lipinski definition) is 1. The fourth-order valence-electron chi connectivity index (χ4n) is 2.84. The second-order valence-corrected chi connectivity index (χ2v) is 7.08. The van der Waals surface area contributed by atoms with Crippen LogP contribution >= 0.6 is 15.9 Å². The molecule has 0 aliphatic heterocycles. The lowest BCUT2D eigenvalue weighted by atomic mass is 9.99. The Hall–Kier alpha value is -2.18. The molecule has 0 aliphatic rings. The molecule has 136 valence electrons. The van der Waals surface area contributed by atoms with Crippen molar-refractivity contribution in [3.63, 3.8) is 0 Å². The van der Waals surface area contributed by atoms with Crippen molar-refractivity contribution >= 4 is 39.0 Å². The molecule has 0 atom stereocenters. The fraction of sp³-hybridized carbons (Fsp3) is 0.300. The molecule has 0 bridgehead atoms. The lowest BCUT2D eigenvalue weighted by Gasteiger charge is -2.17. The fourth-order valence-corrected chi connectivity index (χ4v) is 3.49. The molecule has 0 saturated carbocycles. The highest BCUT2D eigenvalue weighted by Gasteiger charge is 2.15. The quantitative estimate of drug-likeness (QED) is 0.420. The summed E-state index contributed by atoms with van der Waals surface area (Å²) in [6, 6.07) is 9.84. The minimum absolute atomic E-state index is 0.192. The van der Waals surface area contributed by atoms with Crippen LogP contribution in [0.3, 0.4) is 0 Å². The topological polar surface area (TPSA) is 64.4 Å². The van der Waals surface area contributed by atoms with Gasteiger partial charge in [0.1, 0.15) is 11.8 Å². The second kappa shape index (κ2) is 8.47. The molecular formula is C20H21BrN2O3. The predicted octanol–water partition coefficient (Wildman–Crippen LogP) is 4.84. The molecule has 2 aromatic carbocycles. The van der Waals surface area contributed by atoms with Gasteiger partial charge in [-0.2, -0.15) is 0 Å². The lowest BCUT2D eigenvalue weighted by molar-refractivity contribution is -0.107. The van der Waals surface area contributed by atoms with Crippen LogP contribution in [0.1, 0.15) is 19.4 Å². The average Bonchev–Trinajstić information content (AvgIpc) is 3.08. The van der Waals surface area contributed by atoms with E-state index >= 15 is 0 Å². The van der Waals surface area contributed by atoms with Gasteiger partial charge < -0.3 is 19.3 Å². The first-order valence-corrected chi connectivity index (χ1v) is 9.33. The normalized spacial score (nSPS) is 11.2. The minimum Gasteiger partial charge on any atom is -0.443 e. The highest BCUT2D eigenvalue weighted by Crippen LogP contribution is 2.38. The molecule has 0 fully saturated rings. The van der Waals surface area contributed by atoms with Gasteiger partial charge in [-0.25, -0.2) is 4.98 Å². The summed E-state index contributed by atoms with van der Waals surface area (Å²) >= 11 is 3.64.